The molecule has 1 saturated carbocycles. The third-order valence-electron chi connectivity index (χ3n) is 8.26. The molecule has 0 N–H and O–H groups in total. The zero-order chi connectivity index (χ0) is 28.8. The number of nitrogens with zero attached hydrogens (tertiary/aromatic N) is 2. The van der Waals surface area contributed by atoms with Crippen molar-refractivity contribution >= 4 is 5.91 Å². The Balaban J connectivity index is 1.10. The van der Waals surface area contributed by atoms with Crippen LogP contribution in [-0.4, -0.2) is 55.6 Å². The molecule has 1 fully saturated rings. The summed E-state index contributed by atoms with van der Waals surface area (Å²) in [6.45, 7) is 5.01. The van der Waals surface area contributed by atoms with Crippen LogP contribution in [0.1, 0.15) is 54.1 Å². The van der Waals surface area contributed by atoms with Crippen molar-refractivity contribution in [3.63, 3.8) is 0 Å². The molecule has 0 radical (unpaired) electrons. The number of ether oxygens (including phenoxy) is 3. The second kappa shape index (κ2) is 13.4. The minimum atomic E-state index is -0.548. The Morgan fingerprint density at radius 2 is 1.71 bits per heavy atom. The van der Waals surface area contributed by atoms with Crippen LogP contribution >= 0.6 is 0 Å². The van der Waals surface area contributed by atoms with Gasteiger partial charge in [0.05, 0.1) is 11.7 Å². The molecule has 6 nitrogen and oxygen atoms in total. The lowest BCUT2D eigenvalue weighted by Crippen LogP contribution is -2.34. The fourth-order valence-electron chi connectivity index (χ4n) is 5.84. The molecule has 0 spiro atoms. The summed E-state index contributed by atoms with van der Waals surface area (Å²) in [4.78, 5) is 17.1. The van der Waals surface area contributed by atoms with E-state index >= 15 is 4.39 Å². The van der Waals surface area contributed by atoms with E-state index in [4.69, 9.17) is 14.2 Å². The first-order valence-corrected chi connectivity index (χ1v) is 14.7. The van der Waals surface area contributed by atoms with Gasteiger partial charge in [-0.1, -0.05) is 42.5 Å². The van der Waals surface area contributed by atoms with Crippen LogP contribution in [0.25, 0.3) is 0 Å². The molecule has 218 valence electrons. The van der Waals surface area contributed by atoms with E-state index in [-0.39, 0.29) is 29.9 Å². The molecule has 0 bridgehead atoms. The van der Waals surface area contributed by atoms with Crippen molar-refractivity contribution in [1.82, 2.24) is 9.80 Å². The van der Waals surface area contributed by atoms with E-state index in [0.717, 1.165) is 54.9 Å². The maximum absolute atomic E-state index is 15.3. The highest BCUT2D eigenvalue weighted by Crippen LogP contribution is 2.36. The molecule has 2 aliphatic rings. The Morgan fingerprint density at radius 3 is 2.46 bits per heavy atom. The minimum absolute atomic E-state index is 0.0917. The summed E-state index contributed by atoms with van der Waals surface area (Å²) >= 11 is 0. The van der Waals surface area contributed by atoms with Crippen LogP contribution in [0.3, 0.4) is 0 Å². The van der Waals surface area contributed by atoms with Crippen LogP contribution in [0.4, 0.5) is 4.39 Å². The van der Waals surface area contributed by atoms with Gasteiger partial charge in [0.25, 0.3) is 5.91 Å². The smallest absolute Gasteiger partial charge is 0.257 e. The van der Waals surface area contributed by atoms with Crippen molar-refractivity contribution in [2.24, 2.45) is 11.8 Å². The van der Waals surface area contributed by atoms with E-state index in [1.54, 1.807) is 11.0 Å². The van der Waals surface area contributed by atoms with Gasteiger partial charge in [0.1, 0.15) is 24.7 Å². The molecule has 1 atom stereocenters. The molecule has 0 saturated heterocycles. The molecule has 3 aromatic carbocycles. The van der Waals surface area contributed by atoms with E-state index < -0.39 is 5.82 Å². The van der Waals surface area contributed by atoms with E-state index in [1.165, 1.54) is 0 Å². The molecule has 41 heavy (non-hydrogen) atoms. The van der Waals surface area contributed by atoms with Gasteiger partial charge in [-0.3, -0.25) is 4.79 Å². The number of rotatable bonds is 12. The Bertz CT molecular complexity index is 1310. The van der Waals surface area contributed by atoms with Gasteiger partial charge >= 0.3 is 0 Å². The molecule has 1 unspecified atom stereocenters. The molecule has 1 aliphatic heterocycles. The summed E-state index contributed by atoms with van der Waals surface area (Å²) in [6.07, 6.45) is 4.24. The molecule has 1 amide bonds. The van der Waals surface area contributed by atoms with Gasteiger partial charge in [-0.15, -0.1) is 0 Å². The number of fused-ring (bicyclic) bond motifs is 1. The first-order chi connectivity index (χ1) is 19.9. The highest BCUT2D eigenvalue weighted by molar-refractivity contribution is 5.99. The van der Waals surface area contributed by atoms with Gasteiger partial charge in [0, 0.05) is 25.7 Å². The number of carbonyl (C=O) groups is 1. The average Bonchev–Trinajstić information content (AvgIpc) is 3.29. The van der Waals surface area contributed by atoms with E-state index in [0.29, 0.717) is 31.5 Å². The SMILES string of the molecule is CC(Oc1cccc(OCCN(C)C)c1)C1CCC(CN2Cc3ccc(OCc4ccccc4)c(F)c3C2=O)CC1. The van der Waals surface area contributed by atoms with Crippen molar-refractivity contribution in [2.45, 2.75) is 51.9 Å². The molecule has 1 heterocycles. The average molecular weight is 561 g/mol. The predicted molar refractivity (Wildman–Crippen MR) is 158 cm³/mol. The van der Waals surface area contributed by atoms with Gasteiger partial charge < -0.3 is 24.0 Å². The standard InChI is InChI=1S/C34H41FN2O4/c1-24(41-30-11-7-10-29(20-30)39-19-18-36(2)3)27-14-12-25(13-15-27)21-37-22-28-16-17-31(33(35)32(28)34(37)38)40-23-26-8-5-4-6-9-26/h4-11,16-17,20,24-25,27H,12-15,18-19,21-23H2,1-3H3. The summed E-state index contributed by atoms with van der Waals surface area (Å²) in [7, 11) is 4.06. The van der Waals surface area contributed by atoms with Crippen molar-refractivity contribution in [3.8, 4) is 17.2 Å². The third kappa shape index (κ3) is 7.39. The molecule has 1 aliphatic carbocycles. The first-order valence-electron chi connectivity index (χ1n) is 14.7. The number of carbonyl (C=O) groups excluding carboxylic acids is 1. The highest BCUT2D eigenvalue weighted by atomic mass is 19.1. The molecular formula is C34H41FN2O4. The van der Waals surface area contributed by atoms with E-state index in [2.05, 4.69) is 11.8 Å². The number of halogens is 1. The second-order valence-corrected chi connectivity index (χ2v) is 11.6. The van der Waals surface area contributed by atoms with Crippen molar-refractivity contribution in [2.75, 3.05) is 33.8 Å². The number of hydrogen-bond donors (Lipinski definition) is 0. The normalized spacial score (nSPS) is 19.2. The van der Waals surface area contributed by atoms with Crippen LogP contribution in [-0.2, 0) is 13.2 Å². The zero-order valence-corrected chi connectivity index (χ0v) is 24.4. The third-order valence-corrected chi connectivity index (χ3v) is 8.26. The first kappa shape index (κ1) is 28.9. The topological polar surface area (TPSA) is 51.2 Å². The Labute approximate surface area is 243 Å². The maximum Gasteiger partial charge on any atom is 0.257 e. The van der Waals surface area contributed by atoms with Gasteiger partial charge in [-0.05, 0) is 87.9 Å². The number of benzene rings is 3. The van der Waals surface area contributed by atoms with E-state index in [1.807, 2.05) is 74.8 Å². The van der Waals surface area contributed by atoms with Crippen LogP contribution in [0.15, 0.2) is 66.7 Å². The highest BCUT2D eigenvalue weighted by Gasteiger charge is 2.35. The monoisotopic (exact) mass is 560 g/mol. The fraction of sp³-hybridized carbons (Fsp3) is 0.441. The Kier molecular flexibility index (Phi) is 9.45. The van der Waals surface area contributed by atoms with Gasteiger partial charge in [-0.25, -0.2) is 4.39 Å². The van der Waals surface area contributed by atoms with Crippen molar-refractivity contribution in [3.05, 3.63) is 89.2 Å². The quantitative estimate of drug-likeness (QED) is 0.251. The number of likely N-dealkylation sites (N-methyl/N-ethyl adjacent to an activating group) is 1. The lowest BCUT2D eigenvalue weighted by atomic mass is 9.79. The van der Waals surface area contributed by atoms with Crippen LogP contribution < -0.4 is 14.2 Å². The summed E-state index contributed by atoms with van der Waals surface area (Å²) in [5.41, 5.74) is 1.86. The van der Waals surface area contributed by atoms with Crippen molar-refractivity contribution in [1.29, 1.82) is 0 Å². The molecular weight excluding hydrogens is 519 g/mol. The fourth-order valence-corrected chi connectivity index (χ4v) is 5.84. The Hall–Kier alpha value is -3.58. The second-order valence-electron chi connectivity index (χ2n) is 11.6. The zero-order valence-electron chi connectivity index (χ0n) is 24.4. The van der Waals surface area contributed by atoms with Gasteiger partial charge in [-0.2, -0.15) is 0 Å². The summed E-state index contributed by atoms with van der Waals surface area (Å²) in [6, 6.07) is 21.0. The van der Waals surface area contributed by atoms with Crippen LogP contribution in [0.5, 0.6) is 17.2 Å². The summed E-state index contributed by atoms with van der Waals surface area (Å²) < 4.78 is 33.2. The van der Waals surface area contributed by atoms with Crippen LogP contribution in [0, 0.1) is 17.7 Å². The summed E-state index contributed by atoms with van der Waals surface area (Å²) in [5.74, 6) is 1.86. The molecule has 7 heteroatoms. The number of hydrogen-bond acceptors (Lipinski definition) is 5. The van der Waals surface area contributed by atoms with Crippen molar-refractivity contribution < 1.29 is 23.4 Å². The molecule has 0 aromatic heterocycles. The maximum atomic E-state index is 15.3. The largest absolute Gasteiger partial charge is 0.492 e. The lowest BCUT2D eigenvalue weighted by Gasteiger charge is -2.34. The number of amides is 1. The lowest BCUT2D eigenvalue weighted by molar-refractivity contribution is 0.0681. The van der Waals surface area contributed by atoms with Crippen LogP contribution in [0.2, 0.25) is 0 Å². The molecule has 5 rings (SSSR count). The predicted octanol–water partition coefficient (Wildman–Crippen LogP) is 6.57. The Morgan fingerprint density at radius 1 is 0.951 bits per heavy atom. The molecule has 3 aromatic rings. The van der Waals surface area contributed by atoms with Gasteiger partial charge in [0.15, 0.2) is 11.6 Å². The minimum Gasteiger partial charge on any atom is -0.492 e. The van der Waals surface area contributed by atoms with Gasteiger partial charge in [0.2, 0.25) is 0 Å². The van der Waals surface area contributed by atoms with E-state index in [9.17, 15) is 4.79 Å². The summed E-state index contributed by atoms with van der Waals surface area (Å²) in [5, 5.41) is 0.